The fourth-order valence-corrected chi connectivity index (χ4v) is 3.22. The zero-order chi connectivity index (χ0) is 17.2. The molecule has 0 bridgehead atoms. The molecule has 0 unspecified atom stereocenters. The summed E-state index contributed by atoms with van der Waals surface area (Å²) in [4.78, 5) is 3.35. The largest absolute Gasteiger partial charge is 0.370 e. The van der Waals surface area contributed by atoms with Gasteiger partial charge in [0.15, 0.2) is 0 Å². The molecular formula is C20H24N3O+. The molecule has 0 radical (unpaired) electrons. The monoisotopic (exact) mass is 322 g/mol. The van der Waals surface area contributed by atoms with Gasteiger partial charge in [0, 0.05) is 18.4 Å². The number of rotatable bonds is 4. The molecule has 124 valence electrons. The van der Waals surface area contributed by atoms with Crippen molar-refractivity contribution in [3.05, 3.63) is 58.3 Å². The molecule has 4 heteroatoms. The minimum absolute atomic E-state index is 0.228. The number of fused-ring (bicyclic) bond motifs is 1. The molecule has 0 atom stereocenters. The molecule has 1 aliphatic rings. The van der Waals surface area contributed by atoms with E-state index in [0.29, 0.717) is 6.61 Å². The van der Waals surface area contributed by atoms with Crippen LogP contribution >= 0.6 is 0 Å². The van der Waals surface area contributed by atoms with Crippen LogP contribution in [0.15, 0.2) is 30.3 Å². The number of nitriles is 1. The number of nitrogens with zero attached hydrogens (tertiary/aromatic N) is 1. The summed E-state index contributed by atoms with van der Waals surface area (Å²) in [6.07, 6.45) is 1.68. The predicted molar refractivity (Wildman–Crippen MR) is 93.7 cm³/mol. The van der Waals surface area contributed by atoms with Crippen molar-refractivity contribution in [1.82, 2.24) is 0 Å². The van der Waals surface area contributed by atoms with E-state index in [1.54, 1.807) is 0 Å². The van der Waals surface area contributed by atoms with Gasteiger partial charge in [0.05, 0.1) is 18.8 Å². The molecule has 3 rings (SSSR count). The summed E-state index contributed by atoms with van der Waals surface area (Å²) in [5.74, 6) is 0.822. The number of hydrogen-bond donors (Lipinski definition) is 1. The zero-order valence-electron chi connectivity index (χ0n) is 14.6. The van der Waals surface area contributed by atoms with Crippen LogP contribution in [0.4, 0.5) is 5.82 Å². The van der Waals surface area contributed by atoms with Gasteiger partial charge in [-0.15, -0.1) is 0 Å². The Morgan fingerprint density at radius 1 is 1.25 bits per heavy atom. The molecule has 0 spiro atoms. The zero-order valence-corrected chi connectivity index (χ0v) is 14.6. The Kier molecular flexibility index (Phi) is 4.55. The lowest BCUT2D eigenvalue weighted by atomic mass is 9.88. The van der Waals surface area contributed by atoms with Crippen LogP contribution in [-0.2, 0) is 24.2 Å². The summed E-state index contributed by atoms with van der Waals surface area (Å²) >= 11 is 0. The first-order valence-electron chi connectivity index (χ1n) is 8.39. The molecule has 4 nitrogen and oxygen atoms in total. The summed E-state index contributed by atoms with van der Waals surface area (Å²) in [7, 11) is 0. The summed E-state index contributed by atoms with van der Waals surface area (Å²) in [5, 5.41) is 13.1. The third-order valence-corrected chi connectivity index (χ3v) is 4.56. The topological polar surface area (TPSA) is 59.2 Å². The van der Waals surface area contributed by atoms with Crippen molar-refractivity contribution in [2.24, 2.45) is 0 Å². The van der Waals surface area contributed by atoms with E-state index in [2.05, 4.69) is 42.4 Å². The van der Waals surface area contributed by atoms with E-state index >= 15 is 0 Å². The van der Waals surface area contributed by atoms with Crippen LogP contribution in [0, 0.1) is 18.3 Å². The van der Waals surface area contributed by atoms with Gasteiger partial charge in [0.1, 0.15) is 17.3 Å². The lowest BCUT2D eigenvalue weighted by molar-refractivity contribution is -0.373. The average Bonchev–Trinajstić information content (AvgIpc) is 2.55. The number of hydrogen-bond acceptors (Lipinski definition) is 3. The van der Waals surface area contributed by atoms with Gasteiger partial charge < -0.3 is 4.74 Å². The highest BCUT2D eigenvalue weighted by atomic mass is 16.5. The summed E-state index contributed by atoms with van der Waals surface area (Å²) in [5.41, 5.74) is 5.09. The lowest BCUT2D eigenvalue weighted by Gasteiger charge is -2.32. The Morgan fingerprint density at radius 2 is 2.00 bits per heavy atom. The fraction of sp³-hybridized carbons (Fsp3) is 0.400. The van der Waals surface area contributed by atoms with Crippen molar-refractivity contribution in [3.8, 4) is 6.07 Å². The van der Waals surface area contributed by atoms with Gasteiger partial charge in [-0.05, 0) is 31.9 Å². The highest BCUT2D eigenvalue weighted by molar-refractivity contribution is 5.56. The minimum Gasteiger partial charge on any atom is -0.370 e. The number of ether oxygens (including phenoxy) is 1. The van der Waals surface area contributed by atoms with Crippen LogP contribution in [0.1, 0.15) is 41.8 Å². The Hall–Kier alpha value is -2.38. The maximum atomic E-state index is 9.70. The highest BCUT2D eigenvalue weighted by Crippen LogP contribution is 2.32. The molecule has 1 aliphatic heterocycles. The molecule has 0 aliphatic carbocycles. The number of H-pyrrole nitrogens is 1. The first-order valence-corrected chi connectivity index (χ1v) is 8.39. The Bertz CT molecular complexity index is 776. The SMILES string of the molecule is Cc1[nH+]c(NCCc2ccccc2)c(C#N)c2c1COC(C)(C)C2. The summed E-state index contributed by atoms with van der Waals surface area (Å²) in [6, 6.07) is 12.7. The smallest absolute Gasteiger partial charge is 0.290 e. The van der Waals surface area contributed by atoms with E-state index in [-0.39, 0.29) is 5.60 Å². The van der Waals surface area contributed by atoms with Crippen molar-refractivity contribution >= 4 is 5.82 Å². The Labute approximate surface area is 143 Å². The molecule has 1 aromatic heterocycles. The van der Waals surface area contributed by atoms with Crippen molar-refractivity contribution in [3.63, 3.8) is 0 Å². The average molecular weight is 322 g/mol. The number of pyridine rings is 1. The van der Waals surface area contributed by atoms with Crippen molar-refractivity contribution in [2.45, 2.75) is 45.8 Å². The molecule has 2 N–H and O–H groups in total. The van der Waals surface area contributed by atoms with Gasteiger partial charge >= 0.3 is 0 Å². The Morgan fingerprint density at radius 3 is 2.71 bits per heavy atom. The maximum absolute atomic E-state index is 9.70. The second-order valence-corrected chi connectivity index (χ2v) is 6.96. The van der Waals surface area contributed by atoms with Crippen LogP contribution in [0.2, 0.25) is 0 Å². The van der Waals surface area contributed by atoms with Crippen molar-refractivity contribution < 1.29 is 9.72 Å². The molecule has 0 saturated carbocycles. The summed E-state index contributed by atoms with van der Waals surface area (Å²) < 4.78 is 5.90. The number of aromatic amines is 1. The third kappa shape index (κ3) is 3.42. The summed E-state index contributed by atoms with van der Waals surface area (Å²) in [6.45, 7) is 7.54. The molecular weight excluding hydrogens is 298 g/mol. The second-order valence-electron chi connectivity index (χ2n) is 6.96. The van der Waals surface area contributed by atoms with Gasteiger partial charge in [-0.25, -0.2) is 4.98 Å². The highest BCUT2D eigenvalue weighted by Gasteiger charge is 2.32. The standard InChI is InChI=1S/C20H23N3O/c1-14-18-13-24-20(2,3)11-16(18)17(12-21)19(23-14)22-10-9-15-7-5-4-6-8-15/h4-8H,9-11,13H2,1-3H3,(H,22,23)/p+1. The molecule has 0 fully saturated rings. The van der Waals surface area contributed by atoms with E-state index in [1.165, 1.54) is 5.56 Å². The van der Waals surface area contributed by atoms with Crippen LogP contribution in [-0.4, -0.2) is 12.1 Å². The first-order chi connectivity index (χ1) is 11.5. The fourth-order valence-electron chi connectivity index (χ4n) is 3.22. The lowest BCUT2D eigenvalue weighted by Crippen LogP contribution is -2.35. The number of aryl methyl sites for hydroxylation is 1. The maximum Gasteiger partial charge on any atom is 0.290 e. The number of benzene rings is 1. The van der Waals surface area contributed by atoms with Crippen LogP contribution in [0.25, 0.3) is 0 Å². The van der Waals surface area contributed by atoms with Gasteiger partial charge in [0.25, 0.3) is 5.82 Å². The van der Waals surface area contributed by atoms with Gasteiger partial charge in [0.2, 0.25) is 0 Å². The van der Waals surface area contributed by atoms with Crippen LogP contribution in [0.3, 0.4) is 0 Å². The van der Waals surface area contributed by atoms with E-state index < -0.39 is 0 Å². The molecule has 0 amide bonds. The van der Waals surface area contributed by atoms with Gasteiger partial charge in [-0.2, -0.15) is 5.26 Å². The van der Waals surface area contributed by atoms with E-state index in [1.807, 2.05) is 25.1 Å². The van der Waals surface area contributed by atoms with E-state index in [0.717, 1.165) is 47.6 Å². The van der Waals surface area contributed by atoms with Crippen molar-refractivity contribution in [1.29, 1.82) is 5.26 Å². The van der Waals surface area contributed by atoms with Crippen molar-refractivity contribution in [2.75, 3.05) is 11.9 Å². The molecule has 2 heterocycles. The second kappa shape index (κ2) is 6.62. The Balaban J connectivity index is 1.83. The van der Waals surface area contributed by atoms with Crippen LogP contribution < -0.4 is 10.3 Å². The normalized spacial score (nSPS) is 15.4. The van der Waals surface area contributed by atoms with Gasteiger partial charge in [-0.3, -0.25) is 5.32 Å². The quantitative estimate of drug-likeness (QED) is 0.940. The molecule has 24 heavy (non-hydrogen) atoms. The minimum atomic E-state index is -0.228. The first kappa shape index (κ1) is 16.5. The molecule has 1 aromatic carbocycles. The molecule has 0 saturated heterocycles. The number of aromatic nitrogens is 1. The third-order valence-electron chi connectivity index (χ3n) is 4.56. The number of anilines is 1. The van der Waals surface area contributed by atoms with E-state index in [9.17, 15) is 5.26 Å². The van der Waals surface area contributed by atoms with Gasteiger partial charge in [-0.1, -0.05) is 30.3 Å². The van der Waals surface area contributed by atoms with Crippen LogP contribution in [0.5, 0.6) is 0 Å². The number of nitrogens with one attached hydrogen (secondary N) is 2. The van der Waals surface area contributed by atoms with E-state index in [4.69, 9.17) is 4.74 Å². The molecule has 2 aromatic rings. The predicted octanol–water partition coefficient (Wildman–Crippen LogP) is 3.19.